The van der Waals surface area contributed by atoms with Gasteiger partial charge in [0.1, 0.15) is 11.6 Å². The zero-order chi connectivity index (χ0) is 19.5. The smallest absolute Gasteiger partial charge is 0.343 e. The SMILES string of the molecule is O=C(Oc1ccc(C(=O)c2ccc(F)cc2)cc1)c1ccc2nccnc2c1. The number of fused-ring (bicyclic) bond motifs is 1. The van der Waals surface area contributed by atoms with Gasteiger partial charge >= 0.3 is 5.97 Å². The number of aromatic nitrogens is 2. The Hall–Kier alpha value is -3.93. The maximum absolute atomic E-state index is 13.0. The second kappa shape index (κ2) is 7.36. The molecular weight excluding hydrogens is 359 g/mol. The number of hydrogen-bond acceptors (Lipinski definition) is 5. The van der Waals surface area contributed by atoms with Crippen LogP contribution < -0.4 is 4.74 Å². The third-order valence-corrected chi connectivity index (χ3v) is 4.14. The van der Waals surface area contributed by atoms with Crippen molar-refractivity contribution in [2.75, 3.05) is 0 Å². The molecule has 0 saturated carbocycles. The zero-order valence-electron chi connectivity index (χ0n) is 14.5. The molecule has 0 aliphatic heterocycles. The van der Waals surface area contributed by atoms with Crippen LogP contribution in [0.5, 0.6) is 5.75 Å². The second-order valence-electron chi connectivity index (χ2n) is 6.01. The molecule has 0 fully saturated rings. The Morgan fingerprint density at radius 1 is 0.714 bits per heavy atom. The Balaban J connectivity index is 1.49. The number of carbonyl (C=O) groups is 2. The van der Waals surface area contributed by atoms with Crippen LogP contribution in [-0.2, 0) is 0 Å². The quantitative estimate of drug-likeness (QED) is 0.305. The Labute approximate surface area is 159 Å². The molecule has 0 N–H and O–H groups in total. The van der Waals surface area contributed by atoms with Crippen LogP contribution in [0.3, 0.4) is 0 Å². The summed E-state index contributed by atoms with van der Waals surface area (Å²) in [5, 5.41) is 0. The van der Waals surface area contributed by atoms with Crippen molar-refractivity contribution in [2.24, 2.45) is 0 Å². The van der Waals surface area contributed by atoms with Gasteiger partial charge in [-0.05, 0) is 66.7 Å². The van der Waals surface area contributed by atoms with Gasteiger partial charge in [-0.1, -0.05) is 0 Å². The largest absolute Gasteiger partial charge is 0.423 e. The maximum atomic E-state index is 13.0. The number of ether oxygens (including phenoxy) is 1. The molecule has 0 spiro atoms. The van der Waals surface area contributed by atoms with Gasteiger partial charge in [0.25, 0.3) is 0 Å². The number of carbonyl (C=O) groups excluding carboxylic acids is 2. The molecule has 0 radical (unpaired) electrons. The Morgan fingerprint density at radius 2 is 1.29 bits per heavy atom. The summed E-state index contributed by atoms with van der Waals surface area (Å²) in [5.74, 6) is -0.880. The monoisotopic (exact) mass is 372 g/mol. The van der Waals surface area contributed by atoms with E-state index >= 15 is 0 Å². The predicted molar refractivity (Wildman–Crippen MR) is 101 cm³/mol. The molecule has 0 saturated heterocycles. The number of esters is 1. The third kappa shape index (κ3) is 3.61. The van der Waals surface area contributed by atoms with Crippen LogP contribution in [-0.4, -0.2) is 21.7 Å². The first-order valence-corrected chi connectivity index (χ1v) is 8.43. The molecule has 0 unspecified atom stereocenters. The van der Waals surface area contributed by atoms with Gasteiger partial charge in [-0.25, -0.2) is 9.18 Å². The minimum atomic E-state index is -0.537. The third-order valence-electron chi connectivity index (χ3n) is 4.14. The van der Waals surface area contributed by atoms with E-state index in [0.29, 0.717) is 33.5 Å². The van der Waals surface area contributed by atoms with E-state index in [1.165, 1.54) is 36.4 Å². The van der Waals surface area contributed by atoms with Gasteiger partial charge in [0.2, 0.25) is 0 Å². The van der Waals surface area contributed by atoms with Crippen LogP contribution >= 0.6 is 0 Å². The van der Waals surface area contributed by atoms with E-state index < -0.39 is 11.8 Å². The van der Waals surface area contributed by atoms with Crippen molar-refractivity contribution in [2.45, 2.75) is 0 Å². The Bertz CT molecular complexity index is 1170. The summed E-state index contributed by atoms with van der Waals surface area (Å²) >= 11 is 0. The average Bonchev–Trinajstić information content (AvgIpc) is 2.74. The highest BCUT2D eigenvalue weighted by atomic mass is 19.1. The van der Waals surface area contributed by atoms with E-state index in [1.54, 1.807) is 42.7 Å². The van der Waals surface area contributed by atoms with E-state index in [1.807, 2.05) is 0 Å². The summed E-state index contributed by atoms with van der Waals surface area (Å²) in [5.41, 5.74) is 2.41. The van der Waals surface area contributed by atoms with Gasteiger partial charge in [-0.3, -0.25) is 14.8 Å². The van der Waals surface area contributed by atoms with Crippen LogP contribution in [0.4, 0.5) is 4.39 Å². The van der Waals surface area contributed by atoms with Crippen LogP contribution in [0.15, 0.2) is 79.1 Å². The van der Waals surface area contributed by atoms with Crippen molar-refractivity contribution in [1.82, 2.24) is 9.97 Å². The summed E-state index contributed by atoms with van der Waals surface area (Å²) in [7, 11) is 0. The van der Waals surface area contributed by atoms with Crippen molar-refractivity contribution < 1.29 is 18.7 Å². The molecule has 28 heavy (non-hydrogen) atoms. The van der Waals surface area contributed by atoms with Crippen LogP contribution in [0.2, 0.25) is 0 Å². The molecule has 5 nitrogen and oxygen atoms in total. The molecule has 0 aliphatic carbocycles. The van der Waals surface area contributed by atoms with Crippen molar-refractivity contribution in [3.63, 3.8) is 0 Å². The maximum Gasteiger partial charge on any atom is 0.343 e. The number of ketones is 1. The van der Waals surface area contributed by atoms with Crippen molar-refractivity contribution in [1.29, 1.82) is 0 Å². The Morgan fingerprint density at radius 3 is 1.96 bits per heavy atom. The minimum Gasteiger partial charge on any atom is -0.423 e. The highest BCUT2D eigenvalue weighted by Gasteiger charge is 2.12. The lowest BCUT2D eigenvalue weighted by Gasteiger charge is -2.06. The van der Waals surface area contributed by atoms with Crippen LogP contribution in [0.25, 0.3) is 11.0 Å². The standard InChI is InChI=1S/C22H13FN2O3/c23-17-6-1-14(2-7-17)21(26)15-3-8-18(9-4-15)28-22(27)16-5-10-19-20(13-16)25-12-11-24-19/h1-13H. The van der Waals surface area contributed by atoms with Crippen LogP contribution in [0.1, 0.15) is 26.3 Å². The van der Waals surface area contributed by atoms with Gasteiger partial charge in [0, 0.05) is 23.5 Å². The molecule has 6 heteroatoms. The van der Waals surface area contributed by atoms with Crippen molar-refractivity contribution >= 4 is 22.8 Å². The highest BCUT2D eigenvalue weighted by Crippen LogP contribution is 2.18. The van der Waals surface area contributed by atoms with Crippen LogP contribution in [0, 0.1) is 5.82 Å². The number of benzene rings is 3. The molecule has 0 atom stereocenters. The summed E-state index contributed by atoms with van der Waals surface area (Å²) in [4.78, 5) is 33.1. The first-order chi connectivity index (χ1) is 13.6. The van der Waals surface area contributed by atoms with E-state index in [0.717, 1.165) is 0 Å². The van der Waals surface area contributed by atoms with Crippen molar-refractivity contribution in [3.05, 3.63) is 102 Å². The fourth-order valence-corrected chi connectivity index (χ4v) is 2.70. The van der Waals surface area contributed by atoms with Gasteiger partial charge in [0.15, 0.2) is 5.78 Å². The van der Waals surface area contributed by atoms with Crippen molar-refractivity contribution in [3.8, 4) is 5.75 Å². The number of rotatable bonds is 4. The van der Waals surface area contributed by atoms with E-state index in [9.17, 15) is 14.0 Å². The molecule has 3 aromatic carbocycles. The highest BCUT2D eigenvalue weighted by molar-refractivity contribution is 6.09. The predicted octanol–water partition coefficient (Wildman–Crippen LogP) is 4.22. The topological polar surface area (TPSA) is 69.2 Å². The Kier molecular flexibility index (Phi) is 4.60. The lowest BCUT2D eigenvalue weighted by Crippen LogP contribution is -2.09. The first kappa shape index (κ1) is 17.5. The molecule has 4 aromatic rings. The van der Waals surface area contributed by atoms with E-state index in [2.05, 4.69) is 9.97 Å². The fourth-order valence-electron chi connectivity index (χ4n) is 2.70. The number of nitrogens with zero attached hydrogens (tertiary/aromatic N) is 2. The summed E-state index contributed by atoms with van der Waals surface area (Å²) in [6, 6.07) is 16.4. The lowest BCUT2D eigenvalue weighted by atomic mass is 10.0. The first-order valence-electron chi connectivity index (χ1n) is 8.43. The van der Waals surface area contributed by atoms with Gasteiger partial charge in [-0.15, -0.1) is 0 Å². The van der Waals surface area contributed by atoms with Gasteiger partial charge < -0.3 is 4.74 Å². The fraction of sp³-hybridized carbons (Fsp3) is 0. The second-order valence-corrected chi connectivity index (χ2v) is 6.01. The number of hydrogen-bond donors (Lipinski definition) is 0. The molecule has 4 rings (SSSR count). The van der Waals surface area contributed by atoms with Gasteiger partial charge in [-0.2, -0.15) is 0 Å². The molecule has 1 aromatic heterocycles. The molecular formula is C22H13FN2O3. The zero-order valence-corrected chi connectivity index (χ0v) is 14.5. The lowest BCUT2D eigenvalue weighted by molar-refractivity contribution is 0.0735. The summed E-state index contributed by atoms with van der Waals surface area (Å²) in [6.07, 6.45) is 3.13. The van der Waals surface area contributed by atoms with Gasteiger partial charge in [0.05, 0.1) is 16.6 Å². The molecule has 0 bridgehead atoms. The molecule has 136 valence electrons. The summed E-state index contributed by atoms with van der Waals surface area (Å²) in [6.45, 7) is 0. The number of halogens is 1. The van der Waals surface area contributed by atoms with E-state index in [-0.39, 0.29) is 5.78 Å². The molecule has 0 aliphatic rings. The van der Waals surface area contributed by atoms with E-state index in [4.69, 9.17) is 4.74 Å². The molecule has 1 heterocycles. The molecule has 0 amide bonds. The minimum absolute atomic E-state index is 0.244. The average molecular weight is 372 g/mol. The summed E-state index contributed by atoms with van der Waals surface area (Å²) < 4.78 is 18.3. The normalized spacial score (nSPS) is 10.6.